The predicted octanol–water partition coefficient (Wildman–Crippen LogP) is 2.00. The Morgan fingerprint density at radius 3 is 2.29 bits per heavy atom. The number of nitrogens with zero attached hydrogens (tertiary/aromatic N) is 4. The number of nitrogens with one attached hydrogen (secondary N) is 1. The smallest absolute Gasteiger partial charge is 0.270 e. The lowest BCUT2D eigenvalue weighted by atomic mass is 9.97. The van der Waals surface area contributed by atoms with E-state index in [1.165, 1.54) is 16.6 Å². The van der Waals surface area contributed by atoms with E-state index in [1.807, 2.05) is 23.1 Å². The molecule has 188 valence electrons. The van der Waals surface area contributed by atoms with Crippen molar-refractivity contribution >= 4 is 27.5 Å². The minimum Gasteiger partial charge on any atom is -0.368 e. The Morgan fingerprint density at radius 1 is 0.857 bits per heavy atom. The van der Waals surface area contributed by atoms with Crippen molar-refractivity contribution < 1.29 is 18.0 Å². The molecule has 3 aliphatic heterocycles. The third-order valence-corrected chi connectivity index (χ3v) is 9.21. The second-order valence-corrected chi connectivity index (χ2v) is 11.5. The summed E-state index contributed by atoms with van der Waals surface area (Å²) in [4.78, 5) is 34.7. The first-order valence-electron chi connectivity index (χ1n) is 12.5. The largest absolute Gasteiger partial charge is 0.368 e. The number of likely N-dealkylation sites (tertiary alicyclic amines) is 1. The number of rotatable bonds is 5. The molecular formula is C25H33N5O4S. The fourth-order valence-electron chi connectivity index (χ4n) is 5.33. The van der Waals surface area contributed by atoms with Crippen molar-refractivity contribution in [3.8, 4) is 0 Å². The number of amides is 2. The summed E-state index contributed by atoms with van der Waals surface area (Å²) in [5.41, 5.74) is 1.45. The number of anilines is 1. The number of para-hydroxylation sites is 1. The van der Waals surface area contributed by atoms with Crippen molar-refractivity contribution in [1.29, 1.82) is 0 Å². The Bertz CT molecular complexity index is 1150. The van der Waals surface area contributed by atoms with Crippen molar-refractivity contribution in [1.82, 2.24) is 19.1 Å². The highest BCUT2D eigenvalue weighted by molar-refractivity contribution is 7.89. The molecule has 1 N–H and O–H groups in total. The molecule has 4 heterocycles. The fraction of sp³-hybridized carbons (Fsp3) is 0.520. The summed E-state index contributed by atoms with van der Waals surface area (Å²) >= 11 is 0. The number of aromatic amines is 1. The molecule has 1 unspecified atom stereocenters. The monoisotopic (exact) mass is 499 g/mol. The Labute approximate surface area is 206 Å². The van der Waals surface area contributed by atoms with Gasteiger partial charge in [-0.2, -0.15) is 4.31 Å². The number of hydrogen-bond donors (Lipinski definition) is 1. The second kappa shape index (κ2) is 10.0. The standard InChI is InChI=1S/C25H33N5O4S/c31-24(29-15-13-27(14-16-29)21-8-2-1-3-9-21)20-7-6-12-30(19-20)35(33,34)22-17-23(26-18-22)25(32)28-10-4-5-11-28/h1-3,8-9,17-18,20,26H,4-7,10-16,19H2. The van der Waals surface area contributed by atoms with Gasteiger partial charge in [-0.25, -0.2) is 8.42 Å². The number of carbonyl (C=O) groups is 2. The molecule has 10 heteroatoms. The van der Waals surface area contributed by atoms with Gasteiger partial charge >= 0.3 is 0 Å². The molecule has 1 aromatic heterocycles. The van der Waals surface area contributed by atoms with Crippen molar-refractivity contribution in [2.24, 2.45) is 5.92 Å². The van der Waals surface area contributed by atoms with Crippen LogP contribution in [0.25, 0.3) is 0 Å². The summed E-state index contributed by atoms with van der Waals surface area (Å²) in [5.74, 6) is -0.465. The highest BCUT2D eigenvalue weighted by Gasteiger charge is 2.36. The van der Waals surface area contributed by atoms with Crippen LogP contribution in [0.5, 0.6) is 0 Å². The number of aromatic nitrogens is 1. The van der Waals surface area contributed by atoms with Crippen molar-refractivity contribution in [2.75, 3.05) is 57.3 Å². The topological polar surface area (TPSA) is 97.0 Å². The fourth-order valence-corrected chi connectivity index (χ4v) is 6.85. The number of carbonyl (C=O) groups excluding carboxylic acids is 2. The van der Waals surface area contributed by atoms with Gasteiger partial charge in [-0.3, -0.25) is 9.59 Å². The maximum Gasteiger partial charge on any atom is 0.270 e. The maximum absolute atomic E-state index is 13.3. The molecule has 0 saturated carbocycles. The SMILES string of the molecule is O=C(c1cc(S(=O)(=O)N2CCCC(C(=O)N3CCN(c4ccccc4)CC3)C2)c[nH]1)N1CCCC1. The predicted molar refractivity (Wildman–Crippen MR) is 133 cm³/mol. The van der Waals surface area contributed by atoms with Crippen LogP contribution in [0.1, 0.15) is 36.2 Å². The molecule has 0 aliphatic carbocycles. The highest BCUT2D eigenvalue weighted by atomic mass is 32.2. The molecule has 3 aliphatic rings. The Kier molecular flexibility index (Phi) is 6.84. The lowest BCUT2D eigenvalue weighted by Gasteiger charge is -2.39. The van der Waals surface area contributed by atoms with E-state index in [4.69, 9.17) is 0 Å². The van der Waals surface area contributed by atoms with Crippen LogP contribution in [0.2, 0.25) is 0 Å². The second-order valence-electron chi connectivity index (χ2n) is 9.60. The van der Waals surface area contributed by atoms with Crippen LogP contribution in [0.4, 0.5) is 5.69 Å². The van der Waals surface area contributed by atoms with Gasteiger partial charge in [0.25, 0.3) is 5.91 Å². The van der Waals surface area contributed by atoms with Crippen molar-refractivity contribution in [3.05, 3.63) is 48.3 Å². The van der Waals surface area contributed by atoms with Crippen LogP contribution in [-0.2, 0) is 14.8 Å². The van der Waals surface area contributed by atoms with Crippen LogP contribution < -0.4 is 4.90 Å². The first kappa shape index (κ1) is 23.9. The Morgan fingerprint density at radius 2 is 1.57 bits per heavy atom. The molecular weight excluding hydrogens is 466 g/mol. The van der Waals surface area contributed by atoms with E-state index in [9.17, 15) is 18.0 Å². The van der Waals surface area contributed by atoms with E-state index in [-0.39, 0.29) is 29.2 Å². The number of piperazine rings is 1. The molecule has 0 bridgehead atoms. The van der Waals surface area contributed by atoms with Gasteiger partial charge in [-0.15, -0.1) is 0 Å². The lowest BCUT2D eigenvalue weighted by Crippen LogP contribution is -2.53. The maximum atomic E-state index is 13.3. The molecule has 3 fully saturated rings. The zero-order valence-electron chi connectivity index (χ0n) is 19.9. The van der Waals surface area contributed by atoms with E-state index >= 15 is 0 Å². The quantitative estimate of drug-likeness (QED) is 0.679. The zero-order valence-corrected chi connectivity index (χ0v) is 20.8. The van der Waals surface area contributed by atoms with Crippen LogP contribution in [0.3, 0.4) is 0 Å². The summed E-state index contributed by atoms with van der Waals surface area (Å²) in [6.07, 6.45) is 4.68. The average molecular weight is 500 g/mol. The van der Waals surface area contributed by atoms with E-state index in [2.05, 4.69) is 22.0 Å². The molecule has 1 atom stereocenters. The van der Waals surface area contributed by atoms with Crippen molar-refractivity contribution in [3.63, 3.8) is 0 Å². The number of sulfonamides is 1. The van der Waals surface area contributed by atoms with Gasteiger partial charge in [0, 0.05) is 64.2 Å². The summed E-state index contributed by atoms with van der Waals surface area (Å²) in [7, 11) is -3.79. The minimum absolute atomic E-state index is 0.0385. The van der Waals surface area contributed by atoms with Gasteiger partial charge in [0.1, 0.15) is 10.6 Å². The van der Waals surface area contributed by atoms with Gasteiger partial charge in [-0.05, 0) is 43.9 Å². The summed E-state index contributed by atoms with van der Waals surface area (Å²) in [6.45, 7) is 4.77. The molecule has 0 radical (unpaired) electrons. The number of H-pyrrole nitrogens is 1. The van der Waals surface area contributed by atoms with E-state index in [0.717, 1.165) is 31.6 Å². The minimum atomic E-state index is -3.79. The van der Waals surface area contributed by atoms with Crippen LogP contribution in [-0.4, -0.2) is 91.7 Å². The van der Waals surface area contributed by atoms with Crippen molar-refractivity contribution in [2.45, 2.75) is 30.6 Å². The number of piperidine rings is 1. The zero-order chi connectivity index (χ0) is 24.4. The third kappa shape index (κ3) is 4.95. The molecule has 2 aromatic rings. The van der Waals surface area contributed by atoms with E-state index in [1.54, 1.807) is 4.90 Å². The summed E-state index contributed by atoms with van der Waals surface area (Å²) in [6, 6.07) is 11.6. The number of hydrogen-bond acceptors (Lipinski definition) is 5. The molecule has 9 nitrogen and oxygen atoms in total. The van der Waals surface area contributed by atoms with Crippen LogP contribution in [0, 0.1) is 5.92 Å². The van der Waals surface area contributed by atoms with E-state index in [0.29, 0.717) is 51.3 Å². The molecule has 1 aromatic carbocycles. The van der Waals surface area contributed by atoms with Gasteiger partial charge < -0.3 is 19.7 Å². The van der Waals surface area contributed by atoms with E-state index < -0.39 is 10.0 Å². The molecule has 5 rings (SSSR count). The van der Waals surface area contributed by atoms with Gasteiger partial charge in [0.2, 0.25) is 15.9 Å². The normalized spacial score (nSPS) is 21.9. The van der Waals surface area contributed by atoms with Crippen LogP contribution >= 0.6 is 0 Å². The third-order valence-electron chi connectivity index (χ3n) is 7.36. The molecule has 3 saturated heterocycles. The lowest BCUT2D eigenvalue weighted by molar-refractivity contribution is -0.137. The van der Waals surface area contributed by atoms with Gasteiger partial charge in [0.15, 0.2) is 0 Å². The summed E-state index contributed by atoms with van der Waals surface area (Å²) in [5, 5.41) is 0. The van der Waals surface area contributed by atoms with Gasteiger partial charge in [0.05, 0.1) is 5.92 Å². The van der Waals surface area contributed by atoms with Gasteiger partial charge in [-0.1, -0.05) is 18.2 Å². The average Bonchev–Trinajstić information content (AvgIpc) is 3.62. The molecule has 0 spiro atoms. The first-order valence-corrected chi connectivity index (χ1v) is 13.9. The first-order chi connectivity index (χ1) is 16.9. The Hall–Kier alpha value is -2.85. The molecule has 35 heavy (non-hydrogen) atoms. The molecule has 2 amide bonds. The number of benzene rings is 1. The Balaban J connectivity index is 1.21. The summed E-state index contributed by atoms with van der Waals surface area (Å²) < 4.78 is 28.1. The van der Waals surface area contributed by atoms with Crippen LogP contribution in [0.15, 0.2) is 47.5 Å². The highest BCUT2D eigenvalue weighted by Crippen LogP contribution is 2.27.